The number of nitrogens with one attached hydrogen (secondary N) is 1. The van der Waals surface area contributed by atoms with Crippen LogP contribution in [-0.2, 0) is 4.74 Å². The van der Waals surface area contributed by atoms with Gasteiger partial charge >= 0.3 is 5.97 Å². The fourth-order valence-electron chi connectivity index (χ4n) is 3.62. The number of carbonyl (C=O) groups excluding carboxylic acids is 2. The molecule has 0 aromatic heterocycles. The Labute approximate surface area is 182 Å². The van der Waals surface area contributed by atoms with Crippen LogP contribution in [0.25, 0.3) is 11.1 Å². The number of phenols is 1. The number of ether oxygens (including phenoxy) is 1. The summed E-state index contributed by atoms with van der Waals surface area (Å²) in [4.78, 5) is 25.7. The number of esters is 1. The van der Waals surface area contributed by atoms with Gasteiger partial charge in [0.05, 0.1) is 17.9 Å². The molecule has 160 valence electrons. The number of aromatic hydroxyl groups is 1. The van der Waals surface area contributed by atoms with Gasteiger partial charge in [0.25, 0.3) is 0 Å². The predicted molar refractivity (Wildman–Crippen MR) is 123 cm³/mol. The number of Topliss-reactive ketones (excluding diaryl/α,β-unsaturated/α-hetero) is 1. The fourth-order valence-corrected chi connectivity index (χ4v) is 3.62. The third kappa shape index (κ3) is 4.45. The van der Waals surface area contributed by atoms with Crippen LogP contribution >= 0.6 is 0 Å². The topological polar surface area (TPSA) is 75.6 Å². The molecule has 0 amide bonds. The maximum atomic E-state index is 12.9. The molecule has 31 heavy (non-hydrogen) atoms. The molecular formula is C26H27NO4. The molecule has 5 heteroatoms. The summed E-state index contributed by atoms with van der Waals surface area (Å²) in [6.07, 6.45) is 0.183. The molecule has 3 aromatic rings. The van der Waals surface area contributed by atoms with Crippen LogP contribution in [0.3, 0.4) is 0 Å². The van der Waals surface area contributed by atoms with Gasteiger partial charge in [-0.2, -0.15) is 0 Å². The highest BCUT2D eigenvalue weighted by atomic mass is 16.5. The summed E-state index contributed by atoms with van der Waals surface area (Å²) >= 11 is 0. The van der Waals surface area contributed by atoms with Gasteiger partial charge < -0.3 is 15.2 Å². The predicted octanol–water partition coefficient (Wildman–Crippen LogP) is 6.19. The molecule has 2 N–H and O–H groups in total. The lowest BCUT2D eigenvalue weighted by molar-refractivity contribution is 0.0524. The standard InChI is InChI=1S/C26H27NO4/c1-5-20(28)22-24(27-19-14-12-16(3)13-15-19)17(4)21(18-10-8-7-9-11-18)23(25(22)29)26(30)31-6-2/h7-15,27,29H,5-6H2,1-4H3. The van der Waals surface area contributed by atoms with Crippen LogP contribution in [0.2, 0.25) is 0 Å². The van der Waals surface area contributed by atoms with Gasteiger partial charge in [-0.15, -0.1) is 0 Å². The molecule has 3 aromatic carbocycles. The minimum Gasteiger partial charge on any atom is -0.506 e. The van der Waals surface area contributed by atoms with Crippen molar-refractivity contribution in [1.29, 1.82) is 0 Å². The summed E-state index contributed by atoms with van der Waals surface area (Å²) in [5.74, 6) is -1.28. The van der Waals surface area contributed by atoms with Crippen LogP contribution in [0.15, 0.2) is 54.6 Å². The lowest BCUT2D eigenvalue weighted by Crippen LogP contribution is -2.14. The van der Waals surface area contributed by atoms with Crippen molar-refractivity contribution in [3.8, 4) is 16.9 Å². The second kappa shape index (κ2) is 9.47. The first-order valence-corrected chi connectivity index (χ1v) is 10.4. The molecule has 0 unspecified atom stereocenters. The van der Waals surface area contributed by atoms with Crippen LogP contribution in [0.5, 0.6) is 5.75 Å². The first kappa shape index (κ1) is 22.1. The summed E-state index contributed by atoms with van der Waals surface area (Å²) in [5, 5.41) is 14.5. The molecule has 5 nitrogen and oxygen atoms in total. The van der Waals surface area contributed by atoms with Crippen molar-refractivity contribution >= 4 is 23.1 Å². The van der Waals surface area contributed by atoms with E-state index in [-0.39, 0.29) is 35.7 Å². The molecule has 3 rings (SSSR count). The van der Waals surface area contributed by atoms with Gasteiger partial charge in [0, 0.05) is 17.7 Å². The minimum absolute atomic E-state index is 0.0109. The largest absolute Gasteiger partial charge is 0.506 e. The Balaban J connectivity index is 2.35. The molecule has 0 saturated heterocycles. The van der Waals surface area contributed by atoms with Crippen LogP contribution < -0.4 is 5.32 Å². The smallest absolute Gasteiger partial charge is 0.342 e. The number of rotatable bonds is 7. The normalized spacial score (nSPS) is 10.6. The van der Waals surface area contributed by atoms with Gasteiger partial charge in [0.2, 0.25) is 0 Å². The van der Waals surface area contributed by atoms with Crippen molar-refractivity contribution in [2.75, 3.05) is 11.9 Å². The van der Waals surface area contributed by atoms with E-state index in [4.69, 9.17) is 4.74 Å². The average Bonchev–Trinajstić information content (AvgIpc) is 2.77. The SMILES string of the molecule is CCOC(=O)c1c(O)c(C(=O)CC)c(Nc2ccc(C)cc2)c(C)c1-c1ccccc1. The van der Waals surface area contributed by atoms with Crippen LogP contribution in [0, 0.1) is 13.8 Å². The van der Waals surface area contributed by atoms with E-state index >= 15 is 0 Å². The Bertz CT molecular complexity index is 1100. The lowest BCUT2D eigenvalue weighted by atomic mass is 9.88. The van der Waals surface area contributed by atoms with E-state index in [1.165, 1.54) is 0 Å². The van der Waals surface area contributed by atoms with Crippen molar-refractivity contribution in [2.24, 2.45) is 0 Å². The maximum Gasteiger partial charge on any atom is 0.342 e. The van der Waals surface area contributed by atoms with Gasteiger partial charge in [-0.3, -0.25) is 4.79 Å². The molecule has 0 aliphatic rings. The van der Waals surface area contributed by atoms with Crippen molar-refractivity contribution in [3.63, 3.8) is 0 Å². The Morgan fingerprint density at radius 1 is 0.935 bits per heavy atom. The van der Waals surface area contributed by atoms with Gasteiger partial charge in [-0.25, -0.2) is 4.79 Å². The number of hydrogen-bond donors (Lipinski definition) is 2. The van der Waals surface area contributed by atoms with E-state index in [0.717, 1.165) is 16.8 Å². The number of phenolic OH excluding ortho intramolecular Hbond substituents is 1. The lowest BCUT2D eigenvalue weighted by Gasteiger charge is -2.22. The van der Waals surface area contributed by atoms with Crippen molar-refractivity contribution in [3.05, 3.63) is 76.9 Å². The number of aryl methyl sites for hydroxylation is 1. The quantitative estimate of drug-likeness (QED) is 0.354. The van der Waals surface area contributed by atoms with Crippen LogP contribution in [-0.4, -0.2) is 23.5 Å². The monoisotopic (exact) mass is 417 g/mol. The molecule has 0 atom stereocenters. The number of benzene rings is 3. The Morgan fingerprint density at radius 2 is 1.58 bits per heavy atom. The molecule has 0 spiro atoms. The van der Waals surface area contributed by atoms with E-state index < -0.39 is 5.97 Å². The van der Waals surface area contributed by atoms with Crippen LogP contribution in [0.1, 0.15) is 52.1 Å². The van der Waals surface area contributed by atoms with Crippen molar-refractivity contribution in [2.45, 2.75) is 34.1 Å². The summed E-state index contributed by atoms with van der Waals surface area (Å²) in [6.45, 7) is 7.42. The van der Waals surface area contributed by atoms with Gasteiger partial charge in [0.15, 0.2) is 5.78 Å². The summed E-state index contributed by atoms with van der Waals surface area (Å²) in [5.41, 5.74) is 4.46. The Hall–Kier alpha value is -3.60. The molecule has 0 bridgehead atoms. The van der Waals surface area contributed by atoms with E-state index in [0.29, 0.717) is 16.8 Å². The zero-order valence-corrected chi connectivity index (χ0v) is 18.3. The second-order valence-corrected chi connectivity index (χ2v) is 7.33. The molecule has 0 aliphatic heterocycles. The fraction of sp³-hybridized carbons (Fsp3) is 0.231. The number of carbonyl (C=O) groups is 2. The first-order chi connectivity index (χ1) is 14.9. The maximum absolute atomic E-state index is 12.9. The van der Waals surface area contributed by atoms with Gasteiger partial charge in [0.1, 0.15) is 11.3 Å². The molecule has 0 heterocycles. The molecule has 0 saturated carbocycles. The highest BCUT2D eigenvalue weighted by Gasteiger charge is 2.30. The average molecular weight is 418 g/mol. The zero-order valence-electron chi connectivity index (χ0n) is 18.3. The summed E-state index contributed by atoms with van der Waals surface area (Å²) < 4.78 is 5.23. The molecule has 0 aliphatic carbocycles. The summed E-state index contributed by atoms with van der Waals surface area (Å²) in [7, 11) is 0. The highest BCUT2D eigenvalue weighted by molar-refractivity contribution is 6.12. The van der Waals surface area contributed by atoms with E-state index in [9.17, 15) is 14.7 Å². The zero-order chi connectivity index (χ0) is 22.5. The van der Waals surface area contributed by atoms with E-state index in [2.05, 4.69) is 5.32 Å². The number of ketones is 1. The molecule has 0 fully saturated rings. The number of hydrogen-bond acceptors (Lipinski definition) is 5. The minimum atomic E-state index is -0.658. The molecule has 0 radical (unpaired) electrons. The van der Waals surface area contributed by atoms with Crippen molar-refractivity contribution < 1.29 is 19.4 Å². The number of anilines is 2. The van der Waals surface area contributed by atoms with Crippen molar-refractivity contribution in [1.82, 2.24) is 0 Å². The first-order valence-electron chi connectivity index (χ1n) is 10.4. The molecular weight excluding hydrogens is 390 g/mol. The Kier molecular flexibility index (Phi) is 6.75. The van der Waals surface area contributed by atoms with Gasteiger partial charge in [-0.05, 0) is 44.0 Å². The van der Waals surface area contributed by atoms with Crippen LogP contribution in [0.4, 0.5) is 11.4 Å². The second-order valence-electron chi connectivity index (χ2n) is 7.33. The highest BCUT2D eigenvalue weighted by Crippen LogP contribution is 2.43. The third-order valence-corrected chi connectivity index (χ3v) is 5.19. The van der Waals surface area contributed by atoms with Gasteiger partial charge in [-0.1, -0.05) is 55.0 Å². The third-order valence-electron chi connectivity index (χ3n) is 5.19. The Morgan fingerprint density at radius 3 is 2.16 bits per heavy atom. The van der Waals surface area contributed by atoms with E-state index in [1.807, 2.05) is 68.4 Å². The summed E-state index contributed by atoms with van der Waals surface area (Å²) in [6, 6.07) is 17.1. The van der Waals surface area contributed by atoms with E-state index in [1.54, 1.807) is 13.8 Å².